The minimum atomic E-state index is -0.775. The zero-order valence-electron chi connectivity index (χ0n) is 9.83. The van der Waals surface area contributed by atoms with Gasteiger partial charge < -0.3 is 10.4 Å². The van der Waals surface area contributed by atoms with E-state index in [1.165, 1.54) is 0 Å². The van der Waals surface area contributed by atoms with Gasteiger partial charge in [0.15, 0.2) is 5.82 Å². The monoisotopic (exact) mass is 246 g/mol. The fourth-order valence-corrected chi connectivity index (χ4v) is 2.44. The number of carboxylic acids is 1. The van der Waals surface area contributed by atoms with Crippen LogP contribution in [0.15, 0.2) is 24.7 Å². The third-order valence-electron chi connectivity index (χ3n) is 3.51. The summed E-state index contributed by atoms with van der Waals surface area (Å²) in [6.07, 6.45) is 8.06. The van der Waals surface area contributed by atoms with Gasteiger partial charge >= 0.3 is 5.97 Å². The molecule has 0 saturated heterocycles. The topological polar surface area (TPSA) is 79.5 Å². The highest BCUT2D eigenvalue weighted by Gasteiger charge is 2.39. The second kappa shape index (κ2) is 3.97. The molecule has 2 aromatic rings. The van der Waals surface area contributed by atoms with Crippen molar-refractivity contribution in [2.24, 2.45) is 0 Å². The molecule has 2 heterocycles. The molecular weight excluding hydrogens is 232 g/mol. The first-order valence-electron chi connectivity index (χ1n) is 5.97. The van der Waals surface area contributed by atoms with Gasteiger partial charge in [-0.15, -0.1) is 0 Å². The number of nitrogens with zero attached hydrogens (tertiary/aromatic N) is 3. The first-order chi connectivity index (χ1) is 8.69. The SMILES string of the molecule is O=C(O)CC1(Nc2nccn3nccc23)CCC1. The Morgan fingerprint density at radius 3 is 3.00 bits per heavy atom. The lowest BCUT2D eigenvalue weighted by molar-refractivity contribution is -0.138. The van der Waals surface area contributed by atoms with E-state index in [9.17, 15) is 4.79 Å². The van der Waals surface area contributed by atoms with Crippen LogP contribution in [-0.4, -0.2) is 31.2 Å². The molecule has 2 N–H and O–H groups in total. The fraction of sp³-hybridized carbons (Fsp3) is 0.417. The lowest BCUT2D eigenvalue weighted by atomic mass is 9.74. The Morgan fingerprint density at radius 1 is 1.50 bits per heavy atom. The number of anilines is 1. The van der Waals surface area contributed by atoms with Gasteiger partial charge in [-0.25, -0.2) is 9.50 Å². The number of aliphatic carboxylic acids is 1. The second-order valence-corrected chi connectivity index (χ2v) is 4.77. The van der Waals surface area contributed by atoms with Gasteiger partial charge in [0.05, 0.1) is 12.6 Å². The van der Waals surface area contributed by atoms with Crippen molar-refractivity contribution in [3.05, 3.63) is 24.7 Å². The average Bonchev–Trinajstić information content (AvgIpc) is 2.74. The van der Waals surface area contributed by atoms with E-state index in [4.69, 9.17) is 5.11 Å². The first-order valence-corrected chi connectivity index (χ1v) is 5.97. The molecule has 6 heteroatoms. The molecule has 6 nitrogen and oxygen atoms in total. The van der Waals surface area contributed by atoms with E-state index in [2.05, 4.69) is 15.4 Å². The second-order valence-electron chi connectivity index (χ2n) is 4.77. The third-order valence-corrected chi connectivity index (χ3v) is 3.51. The van der Waals surface area contributed by atoms with Gasteiger partial charge in [-0.3, -0.25) is 4.79 Å². The van der Waals surface area contributed by atoms with E-state index in [0.29, 0.717) is 5.82 Å². The molecule has 0 amide bonds. The van der Waals surface area contributed by atoms with Crippen molar-refractivity contribution >= 4 is 17.3 Å². The Kier molecular flexibility index (Phi) is 2.43. The standard InChI is InChI=1S/C12H14N4O2/c17-10(18)8-12(3-1-4-12)15-11-9-2-5-14-16(9)7-6-13-11/h2,5-7H,1,3-4,8H2,(H,13,15)(H,17,18). The number of nitrogens with one attached hydrogen (secondary N) is 1. The van der Waals surface area contributed by atoms with E-state index in [1.54, 1.807) is 23.1 Å². The molecule has 0 aliphatic heterocycles. The number of fused-ring (bicyclic) bond motifs is 1. The summed E-state index contributed by atoms with van der Waals surface area (Å²) in [5.41, 5.74) is 0.527. The van der Waals surface area contributed by atoms with Crippen molar-refractivity contribution in [3.8, 4) is 0 Å². The highest BCUT2D eigenvalue weighted by atomic mass is 16.4. The van der Waals surface area contributed by atoms with Crippen LogP contribution in [0.1, 0.15) is 25.7 Å². The number of carbonyl (C=O) groups is 1. The molecule has 3 rings (SSSR count). The van der Waals surface area contributed by atoms with E-state index in [-0.39, 0.29) is 12.0 Å². The van der Waals surface area contributed by atoms with Crippen molar-refractivity contribution in [1.82, 2.24) is 14.6 Å². The predicted molar refractivity (Wildman–Crippen MR) is 65.4 cm³/mol. The highest BCUT2D eigenvalue weighted by Crippen LogP contribution is 2.38. The molecule has 0 radical (unpaired) electrons. The molecule has 1 aliphatic rings. The number of aromatic nitrogens is 3. The Morgan fingerprint density at radius 2 is 2.33 bits per heavy atom. The van der Waals surface area contributed by atoms with Gasteiger partial charge in [0, 0.05) is 17.9 Å². The predicted octanol–water partition coefficient (Wildman–Crippen LogP) is 1.54. The maximum Gasteiger partial charge on any atom is 0.305 e. The van der Waals surface area contributed by atoms with Gasteiger partial charge in [-0.1, -0.05) is 0 Å². The Balaban J connectivity index is 1.91. The molecule has 18 heavy (non-hydrogen) atoms. The summed E-state index contributed by atoms with van der Waals surface area (Å²) in [5.74, 6) is -0.0707. The number of hydrogen-bond donors (Lipinski definition) is 2. The average molecular weight is 246 g/mol. The van der Waals surface area contributed by atoms with Crippen LogP contribution < -0.4 is 5.32 Å². The number of hydrogen-bond acceptors (Lipinski definition) is 4. The van der Waals surface area contributed by atoms with Gasteiger partial charge in [0.1, 0.15) is 5.52 Å². The van der Waals surface area contributed by atoms with Gasteiger partial charge in [-0.05, 0) is 25.3 Å². The molecule has 0 bridgehead atoms. The highest BCUT2D eigenvalue weighted by molar-refractivity contribution is 5.72. The van der Waals surface area contributed by atoms with Crippen molar-refractivity contribution in [2.75, 3.05) is 5.32 Å². The lowest BCUT2D eigenvalue weighted by Crippen LogP contribution is -2.47. The maximum atomic E-state index is 10.9. The largest absolute Gasteiger partial charge is 0.481 e. The zero-order chi connectivity index (χ0) is 12.6. The Labute approximate surface area is 104 Å². The fourth-order valence-electron chi connectivity index (χ4n) is 2.44. The Hall–Kier alpha value is -2.11. The molecule has 94 valence electrons. The van der Waals surface area contributed by atoms with Crippen LogP contribution in [0.4, 0.5) is 5.82 Å². The van der Waals surface area contributed by atoms with E-state index in [1.807, 2.05) is 6.07 Å². The van der Waals surface area contributed by atoms with Crippen LogP contribution in [0.5, 0.6) is 0 Å². The smallest absolute Gasteiger partial charge is 0.305 e. The normalized spacial score (nSPS) is 17.3. The minimum Gasteiger partial charge on any atom is -0.481 e. The molecule has 0 spiro atoms. The van der Waals surface area contributed by atoms with Gasteiger partial charge in [-0.2, -0.15) is 5.10 Å². The summed E-state index contributed by atoms with van der Waals surface area (Å²) in [5, 5.41) is 16.4. The van der Waals surface area contributed by atoms with Crippen molar-refractivity contribution < 1.29 is 9.90 Å². The van der Waals surface area contributed by atoms with Crippen molar-refractivity contribution in [1.29, 1.82) is 0 Å². The van der Waals surface area contributed by atoms with Crippen LogP contribution in [0.25, 0.3) is 5.52 Å². The maximum absolute atomic E-state index is 10.9. The van der Waals surface area contributed by atoms with Gasteiger partial charge in [0.2, 0.25) is 0 Å². The summed E-state index contributed by atoms with van der Waals surface area (Å²) >= 11 is 0. The quantitative estimate of drug-likeness (QED) is 0.855. The number of carboxylic acid groups (broad SMARTS) is 1. The molecule has 2 aromatic heterocycles. The van der Waals surface area contributed by atoms with Crippen molar-refractivity contribution in [2.45, 2.75) is 31.2 Å². The van der Waals surface area contributed by atoms with Crippen LogP contribution in [0.3, 0.4) is 0 Å². The number of rotatable bonds is 4. The summed E-state index contributed by atoms with van der Waals surface area (Å²) in [6, 6.07) is 1.86. The van der Waals surface area contributed by atoms with E-state index >= 15 is 0 Å². The van der Waals surface area contributed by atoms with Crippen LogP contribution in [0, 0.1) is 0 Å². The summed E-state index contributed by atoms with van der Waals surface area (Å²) in [6.45, 7) is 0. The van der Waals surface area contributed by atoms with Crippen LogP contribution >= 0.6 is 0 Å². The minimum absolute atomic E-state index is 0.129. The summed E-state index contributed by atoms with van der Waals surface area (Å²) in [7, 11) is 0. The molecular formula is C12H14N4O2. The summed E-state index contributed by atoms with van der Waals surface area (Å²) in [4.78, 5) is 15.2. The van der Waals surface area contributed by atoms with Crippen LogP contribution in [-0.2, 0) is 4.79 Å². The summed E-state index contributed by atoms with van der Waals surface area (Å²) < 4.78 is 1.72. The molecule has 0 unspecified atom stereocenters. The Bertz CT molecular complexity index is 589. The van der Waals surface area contributed by atoms with Crippen molar-refractivity contribution in [3.63, 3.8) is 0 Å². The van der Waals surface area contributed by atoms with Gasteiger partial charge in [0.25, 0.3) is 0 Å². The van der Waals surface area contributed by atoms with Crippen LogP contribution in [0.2, 0.25) is 0 Å². The molecule has 0 aromatic carbocycles. The lowest BCUT2D eigenvalue weighted by Gasteiger charge is -2.41. The molecule has 1 aliphatic carbocycles. The molecule has 0 atom stereocenters. The molecule has 1 saturated carbocycles. The third kappa shape index (κ3) is 1.79. The molecule has 1 fully saturated rings. The first kappa shape index (κ1) is 11.0. The van der Waals surface area contributed by atoms with E-state index in [0.717, 1.165) is 24.8 Å². The van der Waals surface area contributed by atoms with E-state index < -0.39 is 5.97 Å². The zero-order valence-corrected chi connectivity index (χ0v) is 9.83.